The van der Waals surface area contributed by atoms with E-state index in [1.807, 2.05) is 31.2 Å². The molecule has 1 atom stereocenters. The number of carbonyl (C=O) groups excluding carboxylic acids is 1. The summed E-state index contributed by atoms with van der Waals surface area (Å²) in [6.07, 6.45) is 4.77. The number of nitrogens with two attached hydrogens (primary N) is 1. The number of ether oxygens (including phenoxy) is 1. The van der Waals surface area contributed by atoms with E-state index in [2.05, 4.69) is 11.9 Å². The summed E-state index contributed by atoms with van der Waals surface area (Å²) >= 11 is 0. The Kier molecular flexibility index (Phi) is 7.55. The van der Waals surface area contributed by atoms with Gasteiger partial charge in [-0.1, -0.05) is 51.3 Å². The van der Waals surface area contributed by atoms with Crippen molar-refractivity contribution in [1.82, 2.24) is 9.55 Å². The minimum absolute atomic E-state index is 0.0485. The van der Waals surface area contributed by atoms with Crippen molar-refractivity contribution < 1.29 is 9.53 Å². The topological polar surface area (TPSA) is 110 Å². The normalized spacial score (nSPS) is 15.2. The number of carbonyl (C=O) groups is 1. The van der Waals surface area contributed by atoms with Gasteiger partial charge < -0.3 is 15.4 Å². The average molecular weight is 429 g/mol. The van der Waals surface area contributed by atoms with Gasteiger partial charge in [0.2, 0.25) is 5.91 Å². The molecule has 0 fully saturated rings. The molecule has 168 valence electrons. The van der Waals surface area contributed by atoms with Crippen LogP contribution in [0.4, 0.5) is 11.5 Å². The molecule has 0 bridgehead atoms. The smallest absolute Gasteiger partial charge is 0.330 e. The number of nitrogens with one attached hydrogen (secondary N) is 1. The van der Waals surface area contributed by atoms with Crippen LogP contribution < -0.4 is 26.6 Å². The first-order valence-electron chi connectivity index (χ1n) is 11.1. The highest BCUT2D eigenvalue weighted by Gasteiger charge is 2.33. The number of aromatic nitrogens is 2. The van der Waals surface area contributed by atoms with Gasteiger partial charge in [0, 0.05) is 18.7 Å². The minimum atomic E-state index is -0.625. The second kappa shape index (κ2) is 10.3. The van der Waals surface area contributed by atoms with Gasteiger partial charge in [0.05, 0.1) is 12.5 Å². The van der Waals surface area contributed by atoms with Gasteiger partial charge in [0.1, 0.15) is 11.6 Å². The predicted octanol–water partition coefficient (Wildman–Crippen LogP) is 3.01. The number of nitrogens with zero attached hydrogens (tertiary/aromatic N) is 2. The monoisotopic (exact) mass is 428 g/mol. The van der Waals surface area contributed by atoms with Gasteiger partial charge in [0.15, 0.2) is 5.69 Å². The Morgan fingerprint density at radius 1 is 1.19 bits per heavy atom. The Balaban J connectivity index is 2.05. The van der Waals surface area contributed by atoms with Crippen molar-refractivity contribution >= 4 is 17.4 Å². The summed E-state index contributed by atoms with van der Waals surface area (Å²) < 4.78 is 7.07. The van der Waals surface area contributed by atoms with E-state index in [1.54, 1.807) is 0 Å². The third-order valence-electron chi connectivity index (χ3n) is 5.73. The molecule has 2 aromatic rings. The van der Waals surface area contributed by atoms with Gasteiger partial charge in [-0.25, -0.2) is 4.79 Å². The van der Waals surface area contributed by atoms with E-state index in [4.69, 9.17) is 10.5 Å². The van der Waals surface area contributed by atoms with Crippen LogP contribution in [0.2, 0.25) is 0 Å². The number of amides is 1. The van der Waals surface area contributed by atoms with Crippen molar-refractivity contribution in [3.63, 3.8) is 0 Å². The maximum atomic E-state index is 13.7. The van der Waals surface area contributed by atoms with Crippen LogP contribution in [0.15, 0.2) is 33.9 Å². The number of H-pyrrole nitrogens is 1. The van der Waals surface area contributed by atoms with Crippen molar-refractivity contribution in [2.45, 2.75) is 64.8 Å². The molecule has 1 aromatic carbocycles. The van der Waals surface area contributed by atoms with Crippen LogP contribution >= 0.6 is 0 Å². The minimum Gasteiger partial charge on any atom is -0.493 e. The summed E-state index contributed by atoms with van der Waals surface area (Å²) in [5.74, 6) is 0.119. The van der Waals surface area contributed by atoms with Gasteiger partial charge in [-0.05, 0) is 25.3 Å². The van der Waals surface area contributed by atoms with E-state index in [0.717, 1.165) is 37.7 Å². The van der Waals surface area contributed by atoms with Crippen LogP contribution in [0.25, 0.3) is 0 Å². The molecule has 31 heavy (non-hydrogen) atoms. The zero-order valence-corrected chi connectivity index (χ0v) is 18.4. The Morgan fingerprint density at radius 2 is 1.94 bits per heavy atom. The summed E-state index contributed by atoms with van der Waals surface area (Å²) in [4.78, 5) is 42.8. The van der Waals surface area contributed by atoms with Crippen LogP contribution in [-0.2, 0) is 11.3 Å². The summed E-state index contributed by atoms with van der Waals surface area (Å²) in [5, 5.41) is 0. The Labute approximate surface area is 182 Å². The van der Waals surface area contributed by atoms with Crippen molar-refractivity contribution in [2.75, 3.05) is 23.8 Å². The van der Waals surface area contributed by atoms with E-state index in [0.29, 0.717) is 31.9 Å². The maximum absolute atomic E-state index is 13.7. The number of rotatable bonds is 9. The first kappa shape index (κ1) is 22.7. The summed E-state index contributed by atoms with van der Waals surface area (Å²) in [6.45, 7) is 5.27. The Hall–Kier alpha value is -3.03. The number of anilines is 2. The molecule has 0 spiro atoms. The zero-order chi connectivity index (χ0) is 22.4. The molecule has 0 saturated carbocycles. The van der Waals surface area contributed by atoms with E-state index < -0.39 is 17.2 Å². The molecular formula is C23H32N4O4. The zero-order valence-electron chi connectivity index (χ0n) is 18.4. The molecule has 3 N–H and O–H groups in total. The lowest BCUT2D eigenvalue weighted by Crippen LogP contribution is -2.44. The number of nitrogen functional groups attached to an aromatic ring is 1. The van der Waals surface area contributed by atoms with Crippen molar-refractivity contribution in [3.05, 3.63) is 50.7 Å². The predicted molar refractivity (Wildman–Crippen MR) is 122 cm³/mol. The van der Waals surface area contributed by atoms with Gasteiger partial charge in [-0.15, -0.1) is 0 Å². The number of fused-ring (bicyclic) bond motifs is 1. The molecule has 0 saturated heterocycles. The molecule has 1 unspecified atom stereocenters. The molecule has 1 aliphatic heterocycles. The lowest BCUT2D eigenvalue weighted by atomic mass is 9.91. The molecule has 0 aliphatic carbocycles. The largest absolute Gasteiger partial charge is 0.493 e. The van der Waals surface area contributed by atoms with E-state index in [1.165, 1.54) is 9.47 Å². The second-order valence-corrected chi connectivity index (χ2v) is 7.92. The number of aromatic amines is 1. The van der Waals surface area contributed by atoms with Crippen molar-refractivity contribution in [2.24, 2.45) is 0 Å². The number of hydrogen-bond acceptors (Lipinski definition) is 5. The molecule has 1 amide bonds. The molecule has 1 aromatic heterocycles. The highest BCUT2D eigenvalue weighted by molar-refractivity contribution is 6.00. The van der Waals surface area contributed by atoms with Gasteiger partial charge in [0.25, 0.3) is 5.56 Å². The Morgan fingerprint density at radius 3 is 2.68 bits per heavy atom. The van der Waals surface area contributed by atoms with Crippen LogP contribution in [0.3, 0.4) is 0 Å². The lowest BCUT2D eigenvalue weighted by molar-refractivity contribution is -0.120. The van der Waals surface area contributed by atoms with Gasteiger partial charge >= 0.3 is 5.69 Å². The Bertz CT molecular complexity index is 1030. The molecule has 1 aliphatic rings. The van der Waals surface area contributed by atoms with E-state index >= 15 is 0 Å². The second-order valence-electron chi connectivity index (χ2n) is 7.92. The fourth-order valence-electron chi connectivity index (χ4n) is 4.02. The molecule has 8 heteroatoms. The molecule has 0 radical (unpaired) electrons. The highest BCUT2D eigenvalue weighted by Crippen LogP contribution is 2.35. The summed E-state index contributed by atoms with van der Waals surface area (Å²) in [7, 11) is 0. The van der Waals surface area contributed by atoms with Crippen LogP contribution in [0, 0.1) is 0 Å². The van der Waals surface area contributed by atoms with E-state index in [9.17, 15) is 14.4 Å². The molecule has 2 heterocycles. The summed E-state index contributed by atoms with van der Waals surface area (Å²) in [6, 6.07) is 7.48. The molecular weight excluding hydrogens is 396 g/mol. The summed E-state index contributed by atoms with van der Waals surface area (Å²) in [5.41, 5.74) is 6.03. The SMILES string of the molecule is CCCCCN(C(=O)C1CCOc2ccccc21)c1c(N)n(CCCC)c(=O)[nH]c1=O. The third-order valence-corrected chi connectivity index (χ3v) is 5.73. The van der Waals surface area contributed by atoms with E-state index in [-0.39, 0.29) is 17.4 Å². The molecule has 3 rings (SSSR count). The number of para-hydroxylation sites is 1. The third kappa shape index (κ3) is 4.84. The average Bonchev–Trinajstić information content (AvgIpc) is 2.77. The number of hydrogen-bond donors (Lipinski definition) is 2. The van der Waals surface area contributed by atoms with Crippen LogP contribution in [0.1, 0.15) is 63.9 Å². The van der Waals surface area contributed by atoms with Crippen LogP contribution in [0.5, 0.6) is 5.75 Å². The molecule has 8 nitrogen and oxygen atoms in total. The maximum Gasteiger partial charge on any atom is 0.330 e. The number of benzene rings is 1. The number of unbranched alkanes of at least 4 members (excludes halogenated alkanes) is 3. The first-order chi connectivity index (χ1) is 15.0. The van der Waals surface area contributed by atoms with Crippen molar-refractivity contribution in [1.29, 1.82) is 0 Å². The fourth-order valence-corrected chi connectivity index (χ4v) is 4.02. The lowest BCUT2D eigenvalue weighted by Gasteiger charge is -2.31. The quantitative estimate of drug-likeness (QED) is 0.597. The fraction of sp³-hybridized carbons (Fsp3) is 0.522. The standard InChI is InChI=1S/C23H32N4O4/c1-3-5-9-14-26(19-20(24)27(13-6-4-2)23(30)25-21(19)28)22(29)17-12-15-31-18-11-8-7-10-16(17)18/h7-8,10-11,17H,3-6,9,12-15,24H2,1-2H3,(H,25,28,30). The van der Waals surface area contributed by atoms with Gasteiger partial charge in [-0.2, -0.15) is 0 Å². The first-order valence-corrected chi connectivity index (χ1v) is 11.1. The van der Waals surface area contributed by atoms with Crippen molar-refractivity contribution in [3.8, 4) is 5.75 Å². The van der Waals surface area contributed by atoms with Gasteiger partial charge in [-0.3, -0.25) is 19.1 Å². The van der Waals surface area contributed by atoms with Crippen LogP contribution in [-0.4, -0.2) is 28.6 Å². The highest BCUT2D eigenvalue weighted by atomic mass is 16.5.